The predicted octanol–water partition coefficient (Wildman–Crippen LogP) is 1.33. The van der Waals surface area contributed by atoms with E-state index in [1.807, 2.05) is 32.3 Å². The van der Waals surface area contributed by atoms with E-state index >= 15 is 0 Å². The van der Waals surface area contributed by atoms with Crippen LogP contribution >= 0.6 is 0 Å². The molecular formula is C11H18N2OS. The van der Waals surface area contributed by atoms with Crippen molar-refractivity contribution in [2.24, 2.45) is 0 Å². The van der Waals surface area contributed by atoms with Gasteiger partial charge >= 0.3 is 0 Å². The highest BCUT2D eigenvalue weighted by molar-refractivity contribution is 7.85. The Bertz CT molecular complexity index is 339. The van der Waals surface area contributed by atoms with Crippen LogP contribution in [0.25, 0.3) is 0 Å². The summed E-state index contributed by atoms with van der Waals surface area (Å²) in [6, 6.07) is 7.35. The summed E-state index contributed by atoms with van der Waals surface area (Å²) < 4.78 is 11.9. The molecule has 1 rings (SSSR count). The Labute approximate surface area is 93.7 Å². The maximum absolute atomic E-state index is 11.9. The molecule has 0 spiro atoms. The quantitative estimate of drug-likeness (QED) is 0.770. The zero-order valence-electron chi connectivity index (χ0n) is 9.27. The van der Waals surface area contributed by atoms with E-state index in [1.54, 1.807) is 6.07 Å². The highest BCUT2D eigenvalue weighted by atomic mass is 32.2. The second-order valence-electron chi connectivity index (χ2n) is 3.74. The molecule has 4 heteroatoms. The number of rotatable bonds is 5. The molecule has 0 fully saturated rings. The molecule has 1 unspecified atom stereocenters. The van der Waals surface area contributed by atoms with Gasteiger partial charge in [0.2, 0.25) is 0 Å². The van der Waals surface area contributed by atoms with Crippen LogP contribution < -0.4 is 5.73 Å². The normalized spacial score (nSPS) is 13.0. The number of nitrogens with two attached hydrogens (primary N) is 1. The minimum atomic E-state index is -0.963. The Balaban J connectivity index is 2.51. The van der Waals surface area contributed by atoms with Gasteiger partial charge in [0.05, 0.1) is 15.7 Å². The van der Waals surface area contributed by atoms with E-state index < -0.39 is 10.8 Å². The number of hydrogen-bond acceptors (Lipinski definition) is 3. The molecule has 1 aromatic carbocycles. The van der Waals surface area contributed by atoms with Gasteiger partial charge < -0.3 is 10.6 Å². The molecule has 3 nitrogen and oxygen atoms in total. The molecule has 0 aromatic heterocycles. The molecule has 0 saturated carbocycles. The van der Waals surface area contributed by atoms with Gasteiger partial charge in [-0.2, -0.15) is 0 Å². The lowest BCUT2D eigenvalue weighted by molar-refractivity contribution is 0.409. The highest BCUT2D eigenvalue weighted by Crippen LogP contribution is 2.15. The highest BCUT2D eigenvalue weighted by Gasteiger charge is 2.06. The van der Waals surface area contributed by atoms with Gasteiger partial charge in [-0.1, -0.05) is 12.1 Å². The molecule has 2 N–H and O–H groups in total. The van der Waals surface area contributed by atoms with E-state index in [0.717, 1.165) is 17.9 Å². The first-order valence-electron chi connectivity index (χ1n) is 4.99. The van der Waals surface area contributed by atoms with Crippen molar-refractivity contribution in [1.82, 2.24) is 4.90 Å². The summed E-state index contributed by atoms with van der Waals surface area (Å²) in [5.41, 5.74) is 6.38. The monoisotopic (exact) mass is 226 g/mol. The van der Waals surface area contributed by atoms with Gasteiger partial charge in [0.1, 0.15) is 0 Å². The summed E-state index contributed by atoms with van der Waals surface area (Å²) in [4.78, 5) is 2.85. The van der Waals surface area contributed by atoms with Gasteiger partial charge in [-0.15, -0.1) is 0 Å². The van der Waals surface area contributed by atoms with Crippen LogP contribution in [0.5, 0.6) is 0 Å². The van der Waals surface area contributed by atoms with Gasteiger partial charge in [0.25, 0.3) is 0 Å². The first kappa shape index (κ1) is 12.2. The second kappa shape index (κ2) is 5.88. The third kappa shape index (κ3) is 4.01. The molecular weight excluding hydrogens is 208 g/mol. The molecule has 15 heavy (non-hydrogen) atoms. The van der Waals surface area contributed by atoms with E-state index in [0.29, 0.717) is 11.4 Å². The number of hydrogen-bond donors (Lipinski definition) is 1. The lowest BCUT2D eigenvalue weighted by Crippen LogP contribution is -2.15. The maximum Gasteiger partial charge on any atom is 0.0617 e. The van der Waals surface area contributed by atoms with Crippen LogP contribution in [0.3, 0.4) is 0 Å². The standard InChI is InChI=1S/C11H18N2OS/c1-13(2)8-5-9-15(14)11-7-4-3-6-10(11)12/h3-4,6-7H,5,8-9,12H2,1-2H3. The number of para-hydroxylation sites is 1. The number of nitrogen functional groups attached to an aromatic ring is 1. The maximum atomic E-state index is 11.9. The molecule has 0 aliphatic rings. The van der Waals surface area contributed by atoms with Gasteiger partial charge in [-0.05, 0) is 39.2 Å². The summed E-state index contributed by atoms with van der Waals surface area (Å²) in [5, 5.41) is 0. The van der Waals surface area contributed by atoms with Crippen LogP contribution in [-0.4, -0.2) is 35.5 Å². The smallest absolute Gasteiger partial charge is 0.0617 e. The average molecular weight is 226 g/mol. The summed E-state index contributed by atoms with van der Waals surface area (Å²) in [6.07, 6.45) is 0.925. The topological polar surface area (TPSA) is 46.3 Å². The summed E-state index contributed by atoms with van der Waals surface area (Å²) >= 11 is 0. The average Bonchev–Trinajstić information content (AvgIpc) is 2.17. The van der Waals surface area contributed by atoms with Crippen molar-refractivity contribution in [2.45, 2.75) is 11.3 Å². The Morgan fingerprint density at radius 1 is 1.33 bits per heavy atom. The zero-order chi connectivity index (χ0) is 11.3. The van der Waals surface area contributed by atoms with Gasteiger partial charge in [-0.3, -0.25) is 4.21 Å². The van der Waals surface area contributed by atoms with Crippen LogP contribution in [-0.2, 0) is 10.8 Å². The molecule has 0 heterocycles. The van der Waals surface area contributed by atoms with Crippen LogP contribution in [0.1, 0.15) is 6.42 Å². The number of anilines is 1. The molecule has 0 saturated heterocycles. The Kier molecular flexibility index (Phi) is 4.78. The Hall–Kier alpha value is -0.870. The molecule has 1 atom stereocenters. The van der Waals surface area contributed by atoms with Crippen molar-refractivity contribution >= 4 is 16.5 Å². The fourth-order valence-corrected chi connectivity index (χ4v) is 2.48. The Morgan fingerprint density at radius 3 is 2.60 bits per heavy atom. The van der Waals surface area contributed by atoms with Crippen molar-refractivity contribution in [1.29, 1.82) is 0 Å². The van der Waals surface area contributed by atoms with Crippen LogP contribution in [0, 0.1) is 0 Å². The van der Waals surface area contributed by atoms with Crippen molar-refractivity contribution < 1.29 is 4.21 Å². The fraction of sp³-hybridized carbons (Fsp3) is 0.455. The molecule has 1 aromatic rings. The third-order valence-corrected chi connectivity index (χ3v) is 3.62. The number of nitrogens with zero attached hydrogens (tertiary/aromatic N) is 1. The van der Waals surface area contributed by atoms with Gasteiger partial charge in [0.15, 0.2) is 0 Å². The minimum absolute atomic E-state index is 0.626. The van der Waals surface area contributed by atoms with Crippen molar-refractivity contribution in [3.63, 3.8) is 0 Å². The first-order valence-corrected chi connectivity index (χ1v) is 6.31. The zero-order valence-corrected chi connectivity index (χ0v) is 10.1. The van der Waals surface area contributed by atoms with Gasteiger partial charge in [-0.25, -0.2) is 0 Å². The van der Waals surface area contributed by atoms with Crippen molar-refractivity contribution in [2.75, 3.05) is 32.1 Å². The molecule has 0 amide bonds. The SMILES string of the molecule is CN(C)CCCS(=O)c1ccccc1N. The molecule has 0 aliphatic carbocycles. The van der Waals surface area contributed by atoms with E-state index in [4.69, 9.17) is 5.73 Å². The van der Waals surface area contributed by atoms with E-state index in [-0.39, 0.29) is 0 Å². The third-order valence-electron chi connectivity index (χ3n) is 2.10. The van der Waals surface area contributed by atoms with E-state index in [9.17, 15) is 4.21 Å². The largest absolute Gasteiger partial charge is 0.398 e. The summed E-state index contributed by atoms with van der Waals surface area (Å²) in [5.74, 6) is 0.673. The van der Waals surface area contributed by atoms with Crippen LogP contribution in [0.4, 0.5) is 5.69 Å². The van der Waals surface area contributed by atoms with Crippen molar-refractivity contribution in [3.05, 3.63) is 24.3 Å². The minimum Gasteiger partial charge on any atom is -0.398 e. The summed E-state index contributed by atoms with van der Waals surface area (Å²) in [6.45, 7) is 0.957. The van der Waals surface area contributed by atoms with E-state index in [2.05, 4.69) is 4.90 Å². The fourth-order valence-electron chi connectivity index (χ4n) is 1.31. The van der Waals surface area contributed by atoms with Crippen LogP contribution in [0.2, 0.25) is 0 Å². The van der Waals surface area contributed by atoms with Crippen molar-refractivity contribution in [3.8, 4) is 0 Å². The Morgan fingerprint density at radius 2 is 2.00 bits per heavy atom. The molecule has 0 bridgehead atoms. The first-order chi connectivity index (χ1) is 7.11. The van der Waals surface area contributed by atoms with Crippen LogP contribution in [0.15, 0.2) is 29.2 Å². The lowest BCUT2D eigenvalue weighted by Gasteiger charge is -2.09. The van der Waals surface area contributed by atoms with Gasteiger partial charge in [0, 0.05) is 11.4 Å². The number of benzene rings is 1. The summed E-state index contributed by atoms with van der Waals surface area (Å²) in [7, 11) is 3.06. The molecule has 0 radical (unpaired) electrons. The predicted molar refractivity (Wildman–Crippen MR) is 65.3 cm³/mol. The second-order valence-corrected chi connectivity index (χ2v) is 5.28. The molecule has 0 aliphatic heterocycles. The van der Waals surface area contributed by atoms with E-state index in [1.165, 1.54) is 0 Å². The molecule has 84 valence electrons. The lowest BCUT2D eigenvalue weighted by atomic mass is 10.3.